The van der Waals surface area contributed by atoms with E-state index in [1.165, 1.54) is 11.3 Å². The fourth-order valence-corrected chi connectivity index (χ4v) is 4.55. The number of ether oxygens (including phenoxy) is 2. The van der Waals surface area contributed by atoms with Crippen molar-refractivity contribution in [2.24, 2.45) is 7.05 Å². The minimum Gasteiger partial charge on any atom is -0.497 e. The molecule has 168 valence electrons. The molecule has 0 unspecified atom stereocenters. The van der Waals surface area contributed by atoms with Crippen molar-refractivity contribution in [3.05, 3.63) is 82.6 Å². The van der Waals surface area contributed by atoms with Crippen LogP contribution in [0.2, 0.25) is 0 Å². The molecule has 2 aromatic heterocycles. The van der Waals surface area contributed by atoms with Crippen molar-refractivity contribution in [1.82, 2.24) is 14.7 Å². The van der Waals surface area contributed by atoms with E-state index in [1.54, 1.807) is 11.8 Å². The van der Waals surface area contributed by atoms with Gasteiger partial charge in [0.25, 0.3) is 5.91 Å². The van der Waals surface area contributed by atoms with Crippen LogP contribution in [0.5, 0.6) is 17.4 Å². The summed E-state index contributed by atoms with van der Waals surface area (Å²) in [6, 6.07) is 21.5. The number of aromatic nitrogens is 2. The topological polar surface area (TPSA) is 56.6 Å². The smallest absolute Gasteiger partial charge is 0.264 e. The molecule has 2 aromatic carbocycles. The number of carbonyl (C=O) groups excluding carboxylic acids is 1. The van der Waals surface area contributed by atoms with Gasteiger partial charge in [-0.2, -0.15) is 5.10 Å². The summed E-state index contributed by atoms with van der Waals surface area (Å²) in [6.07, 6.45) is 2.04. The zero-order chi connectivity index (χ0) is 22.8. The van der Waals surface area contributed by atoms with Gasteiger partial charge in [-0.1, -0.05) is 36.4 Å². The average molecular weight is 460 g/mol. The molecule has 5 rings (SSSR count). The Hall–Kier alpha value is -3.58. The van der Waals surface area contributed by atoms with Crippen LogP contribution in [0, 0.1) is 0 Å². The number of hydrogen-bond acceptors (Lipinski definition) is 5. The van der Waals surface area contributed by atoms with Gasteiger partial charge in [-0.3, -0.25) is 4.79 Å². The van der Waals surface area contributed by atoms with Crippen LogP contribution in [0.3, 0.4) is 0 Å². The Morgan fingerprint density at radius 2 is 1.79 bits per heavy atom. The number of amides is 1. The first-order valence-corrected chi connectivity index (χ1v) is 11.8. The van der Waals surface area contributed by atoms with Crippen LogP contribution in [0.4, 0.5) is 0 Å². The molecule has 0 spiro atoms. The fourth-order valence-electron chi connectivity index (χ4n) is 3.87. The van der Waals surface area contributed by atoms with Gasteiger partial charge in [0, 0.05) is 18.7 Å². The number of nitrogens with zero attached hydrogens (tertiary/aromatic N) is 3. The first-order chi connectivity index (χ1) is 16.1. The van der Waals surface area contributed by atoms with E-state index < -0.39 is 0 Å². The van der Waals surface area contributed by atoms with Crippen LogP contribution in [-0.2, 0) is 13.6 Å². The molecule has 0 atom stereocenters. The van der Waals surface area contributed by atoms with Gasteiger partial charge in [0.2, 0.25) is 5.88 Å². The van der Waals surface area contributed by atoms with E-state index in [-0.39, 0.29) is 11.9 Å². The van der Waals surface area contributed by atoms with E-state index in [9.17, 15) is 4.79 Å². The lowest BCUT2D eigenvalue weighted by atomic mass is 10.1. The van der Waals surface area contributed by atoms with Gasteiger partial charge in [-0.25, -0.2) is 4.68 Å². The number of aryl methyl sites for hydroxylation is 1. The standard InChI is InChI=1S/C26H25N3O3S/c1-28-26(32-21-14-12-20(31-2)13-15-21)22(24(27-28)18-7-4-3-5-8-18)17-29(19-10-11-19)25(30)23-9-6-16-33-23/h3-9,12-16,19H,10-11,17H2,1-2H3. The van der Waals surface area contributed by atoms with Crippen molar-refractivity contribution in [3.63, 3.8) is 0 Å². The van der Waals surface area contributed by atoms with Crippen LogP contribution >= 0.6 is 11.3 Å². The third-order valence-electron chi connectivity index (χ3n) is 5.72. The Morgan fingerprint density at radius 3 is 2.42 bits per heavy atom. The quantitative estimate of drug-likeness (QED) is 0.336. The Morgan fingerprint density at radius 1 is 1.06 bits per heavy atom. The molecular formula is C26H25N3O3S. The van der Waals surface area contributed by atoms with Crippen LogP contribution in [0.15, 0.2) is 72.1 Å². The summed E-state index contributed by atoms with van der Waals surface area (Å²) in [5, 5.41) is 6.74. The second kappa shape index (κ2) is 9.11. The third-order valence-corrected chi connectivity index (χ3v) is 6.58. The second-order valence-electron chi connectivity index (χ2n) is 8.04. The number of benzene rings is 2. The molecule has 0 N–H and O–H groups in total. The van der Waals surface area contributed by atoms with E-state index >= 15 is 0 Å². The van der Waals surface area contributed by atoms with Gasteiger partial charge in [0.1, 0.15) is 17.2 Å². The van der Waals surface area contributed by atoms with E-state index in [0.29, 0.717) is 18.2 Å². The highest BCUT2D eigenvalue weighted by atomic mass is 32.1. The van der Waals surface area contributed by atoms with Crippen molar-refractivity contribution in [2.45, 2.75) is 25.4 Å². The Balaban J connectivity index is 1.54. The third kappa shape index (κ3) is 4.50. The van der Waals surface area contributed by atoms with E-state index in [0.717, 1.165) is 40.3 Å². The SMILES string of the molecule is COc1ccc(Oc2c(CN(C(=O)c3cccs3)C3CC3)c(-c3ccccc3)nn2C)cc1. The van der Waals surface area contributed by atoms with E-state index in [2.05, 4.69) is 0 Å². The number of carbonyl (C=O) groups is 1. The van der Waals surface area contributed by atoms with Crippen LogP contribution in [0.25, 0.3) is 11.3 Å². The molecule has 1 saturated carbocycles. The minimum atomic E-state index is 0.0609. The molecule has 7 heteroatoms. The van der Waals surface area contributed by atoms with Crippen molar-refractivity contribution >= 4 is 17.2 Å². The van der Waals surface area contributed by atoms with Gasteiger partial charge in [0.15, 0.2) is 0 Å². The van der Waals surface area contributed by atoms with Crippen LogP contribution in [-0.4, -0.2) is 33.7 Å². The number of thiophene rings is 1. The lowest BCUT2D eigenvalue weighted by molar-refractivity contribution is 0.0734. The summed E-state index contributed by atoms with van der Waals surface area (Å²) in [7, 11) is 3.51. The molecule has 0 saturated heterocycles. The zero-order valence-electron chi connectivity index (χ0n) is 18.6. The highest BCUT2D eigenvalue weighted by molar-refractivity contribution is 7.12. The Kier molecular flexibility index (Phi) is 5.88. The van der Waals surface area contributed by atoms with Crippen LogP contribution in [0.1, 0.15) is 28.1 Å². The summed E-state index contributed by atoms with van der Waals surface area (Å²) in [4.78, 5) is 16.1. The summed E-state index contributed by atoms with van der Waals surface area (Å²) >= 11 is 1.48. The molecule has 1 amide bonds. The van der Waals surface area contributed by atoms with Crippen molar-refractivity contribution in [2.75, 3.05) is 7.11 Å². The van der Waals surface area contributed by atoms with Crippen molar-refractivity contribution < 1.29 is 14.3 Å². The van der Waals surface area contributed by atoms with Crippen LogP contribution < -0.4 is 9.47 Å². The van der Waals surface area contributed by atoms with Crippen molar-refractivity contribution in [3.8, 4) is 28.6 Å². The number of hydrogen-bond donors (Lipinski definition) is 0. The monoisotopic (exact) mass is 459 g/mol. The zero-order valence-corrected chi connectivity index (χ0v) is 19.4. The van der Waals surface area contributed by atoms with Gasteiger partial charge in [-0.15, -0.1) is 11.3 Å². The van der Waals surface area contributed by atoms with Gasteiger partial charge in [0.05, 0.1) is 24.1 Å². The lowest BCUT2D eigenvalue weighted by Crippen LogP contribution is -2.32. The summed E-state index contributed by atoms with van der Waals surface area (Å²) in [6.45, 7) is 0.435. The summed E-state index contributed by atoms with van der Waals surface area (Å²) in [5.41, 5.74) is 2.72. The predicted molar refractivity (Wildman–Crippen MR) is 129 cm³/mol. The Labute approximate surface area is 197 Å². The maximum Gasteiger partial charge on any atom is 0.264 e. The normalized spacial score (nSPS) is 13.0. The van der Waals surface area contributed by atoms with Gasteiger partial charge < -0.3 is 14.4 Å². The van der Waals surface area contributed by atoms with Gasteiger partial charge >= 0.3 is 0 Å². The molecule has 1 fully saturated rings. The number of methoxy groups -OCH3 is 1. The molecular weight excluding hydrogens is 434 g/mol. The molecule has 2 heterocycles. The van der Waals surface area contributed by atoms with Crippen molar-refractivity contribution in [1.29, 1.82) is 0 Å². The Bertz CT molecular complexity index is 1230. The predicted octanol–water partition coefficient (Wildman–Crippen LogP) is 5.75. The van der Waals surface area contributed by atoms with Gasteiger partial charge in [-0.05, 0) is 48.6 Å². The fraction of sp³-hybridized carbons (Fsp3) is 0.231. The highest BCUT2D eigenvalue weighted by Gasteiger charge is 2.35. The highest BCUT2D eigenvalue weighted by Crippen LogP contribution is 2.38. The summed E-state index contributed by atoms with van der Waals surface area (Å²) < 4.78 is 13.3. The molecule has 4 aromatic rings. The molecule has 6 nitrogen and oxygen atoms in total. The first-order valence-electron chi connectivity index (χ1n) is 10.9. The molecule has 1 aliphatic carbocycles. The summed E-state index contributed by atoms with van der Waals surface area (Å²) in [5.74, 6) is 2.13. The van der Waals surface area contributed by atoms with E-state index in [1.807, 2.05) is 84.1 Å². The molecule has 33 heavy (non-hydrogen) atoms. The first kappa shape index (κ1) is 21.3. The number of rotatable bonds is 8. The maximum atomic E-state index is 13.3. The largest absolute Gasteiger partial charge is 0.497 e. The lowest BCUT2D eigenvalue weighted by Gasteiger charge is -2.22. The maximum absolute atomic E-state index is 13.3. The van der Waals surface area contributed by atoms with E-state index in [4.69, 9.17) is 14.6 Å². The average Bonchev–Trinajstić information content (AvgIpc) is 3.45. The minimum absolute atomic E-state index is 0.0609. The second-order valence-corrected chi connectivity index (χ2v) is 8.99. The molecule has 0 aliphatic heterocycles. The molecule has 1 aliphatic rings. The molecule has 0 bridgehead atoms. The molecule has 0 radical (unpaired) electrons.